The number of nitrogens with zero attached hydrogens (tertiary/aromatic N) is 2. The largest absolute Gasteiger partial charge is 0.312 e. The van der Waals surface area contributed by atoms with Crippen LogP contribution in [0.1, 0.15) is 12.5 Å². The molecule has 0 saturated carbocycles. The van der Waals surface area contributed by atoms with Gasteiger partial charge in [-0.1, -0.05) is 29.8 Å². The van der Waals surface area contributed by atoms with Crippen LogP contribution in [-0.4, -0.2) is 35.6 Å². The van der Waals surface area contributed by atoms with E-state index in [2.05, 4.69) is 34.3 Å². The Morgan fingerprint density at radius 2 is 2.26 bits per heavy atom. The van der Waals surface area contributed by atoms with Crippen molar-refractivity contribution in [2.75, 3.05) is 19.6 Å². The molecule has 19 heavy (non-hydrogen) atoms. The molecule has 0 unspecified atom stereocenters. The van der Waals surface area contributed by atoms with Crippen LogP contribution in [0.25, 0.3) is 10.9 Å². The second-order valence-electron chi connectivity index (χ2n) is 5.22. The first-order valence-corrected chi connectivity index (χ1v) is 7.10. The second kappa shape index (κ2) is 5.45. The fourth-order valence-corrected chi connectivity index (χ4v) is 2.85. The average molecular weight is 276 g/mol. The van der Waals surface area contributed by atoms with Crippen LogP contribution < -0.4 is 5.32 Å². The van der Waals surface area contributed by atoms with E-state index >= 15 is 0 Å². The van der Waals surface area contributed by atoms with Gasteiger partial charge in [-0.25, -0.2) is 4.98 Å². The number of hydrogen-bond acceptors (Lipinski definition) is 3. The standard InChI is InChI=1S/C15H18ClN3/c1-11-9-19(7-6-17-11)10-13-8-12-4-2-3-5-14(12)18-15(13)16/h2-5,8,11,17H,6-7,9-10H2,1H3/t11-/m1/s1. The smallest absolute Gasteiger partial charge is 0.134 e. The van der Waals surface area contributed by atoms with Gasteiger partial charge >= 0.3 is 0 Å². The quantitative estimate of drug-likeness (QED) is 0.854. The zero-order chi connectivity index (χ0) is 13.2. The van der Waals surface area contributed by atoms with E-state index in [1.165, 1.54) is 0 Å². The highest BCUT2D eigenvalue weighted by Gasteiger charge is 2.17. The summed E-state index contributed by atoms with van der Waals surface area (Å²) in [4.78, 5) is 6.91. The second-order valence-corrected chi connectivity index (χ2v) is 5.58. The Bertz CT molecular complexity index is 585. The first kappa shape index (κ1) is 12.9. The molecule has 0 bridgehead atoms. The summed E-state index contributed by atoms with van der Waals surface area (Å²) in [5.41, 5.74) is 2.08. The summed E-state index contributed by atoms with van der Waals surface area (Å²) in [6, 6.07) is 10.8. The van der Waals surface area contributed by atoms with E-state index in [1.807, 2.05) is 18.2 Å². The van der Waals surface area contributed by atoms with Gasteiger partial charge in [0.1, 0.15) is 5.15 Å². The molecule has 0 radical (unpaired) electrons. The molecule has 1 saturated heterocycles. The Balaban J connectivity index is 1.85. The van der Waals surface area contributed by atoms with Crippen LogP contribution in [0.5, 0.6) is 0 Å². The topological polar surface area (TPSA) is 28.2 Å². The highest BCUT2D eigenvalue weighted by molar-refractivity contribution is 6.30. The number of aromatic nitrogens is 1. The Labute approximate surface area is 118 Å². The molecule has 3 rings (SSSR count). The van der Waals surface area contributed by atoms with E-state index < -0.39 is 0 Å². The summed E-state index contributed by atoms with van der Waals surface area (Å²) in [6.07, 6.45) is 0. The Hall–Kier alpha value is -1.16. The lowest BCUT2D eigenvalue weighted by molar-refractivity contribution is 0.199. The number of fused-ring (bicyclic) bond motifs is 1. The summed E-state index contributed by atoms with van der Waals surface area (Å²) in [5, 5.41) is 5.24. The predicted octanol–water partition coefficient (Wildman–Crippen LogP) is 2.68. The number of nitrogens with one attached hydrogen (secondary N) is 1. The molecule has 1 aliphatic heterocycles. The van der Waals surface area contributed by atoms with Gasteiger partial charge in [0.15, 0.2) is 0 Å². The minimum Gasteiger partial charge on any atom is -0.312 e. The highest BCUT2D eigenvalue weighted by Crippen LogP contribution is 2.22. The lowest BCUT2D eigenvalue weighted by Crippen LogP contribution is -2.48. The van der Waals surface area contributed by atoms with Crippen LogP contribution in [-0.2, 0) is 6.54 Å². The lowest BCUT2D eigenvalue weighted by Gasteiger charge is -2.31. The third kappa shape index (κ3) is 2.89. The molecule has 1 atom stereocenters. The van der Waals surface area contributed by atoms with Crippen molar-refractivity contribution in [3.63, 3.8) is 0 Å². The molecular weight excluding hydrogens is 258 g/mol. The number of pyridine rings is 1. The van der Waals surface area contributed by atoms with Crippen LogP contribution in [0.4, 0.5) is 0 Å². The van der Waals surface area contributed by atoms with Crippen molar-refractivity contribution >= 4 is 22.5 Å². The van der Waals surface area contributed by atoms with Crippen LogP contribution in [0, 0.1) is 0 Å². The average Bonchev–Trinajstić information content (AvgIpc) is 2.40. The summed E-state index contributed by atoms with van der Waals surface area (Å²) in [7, 11) is 0. The number of para-hydroxylation sites is 1. The van der Waals surface area contributed by atoms with Gasteiger partial charge in [-0.15, -0.1) is 0 Å². The SMILES string of the molecule is C[C@@H]1CN(Cc2cc3ccccc3nc2Cl)CCN1. The molecule has 100 valence electrons. The molecule has 1 aromatic heterocycles. The van der Waals surface area contributed by atoms with Gasteiger partial charge in [0, 0.05) is 43.2 Å². The third-order valence-corrected chi connectivity index (χ3v) is 3.92. The highest BCUT2D eigenvalue weighted by atomic mass is 35.5. The van der Waals surface area contributed by atoms with E-state index in [4.69, 9.17) is 11.6 Å². The molecule has 4 heteroatoms. The number of piperazine rings is 1. The van der Waals surface area contributed by atoms with Gasteiger partial charge in [0.05, 0.1) is 5.52 Å². The number of halogens is 1. The summed E-state index contributed by atoms with van der Waals surface area (Å²) >= 11 is 6.31. The van der Waals surface area contributed by atoms with Crippen LogP contribution in [0.15, 0.2) is 30.3 Å². The molecule has 0 spiro atoms. The normalized spacial score (nSPS) is 20.8. The van der Waals surface area contributed by atoms with Crippen molar-refractivity contribution in [2.45, 2.75) is 19.5 Å². The van der Waals surface area contributed by atoms with Gasteiger partial charge in [0.2, 0.25) is 0 Å². The van der Waals surface area contributed by atoms with Crippen LogP contribution >= 0.6 is 11.6 Å². The van der Waals surface area contributed by atoms with Crippen LogP contribution in [0.2, 0.25) is 5.15 Å². The van der Waals surface area contributed by atoms with E-state index in [0.29, 0.717) is 11.2 Å². The van der Waals surface area contributed by atoms with E-state index in [0.717, 1.165) is 42.6 Å². The molecule has 1 aromatic carbocycles. The molecule has 1 fully saturated rings. The van der Waals surface area contributed by atoms with Gasteiger partial charge < -0.3 is 5.32 Å². The van der Waals surface area contributed by atoms with Crippen molar-refractivity contribution in [3.8, 4) is 0 Å². The van der Waals surface area contributed by atoms with Crippen molar-refractivity contribution < 1.29 is 0 Å². The van der Waals surface area contributed by atoms with Crippen molar-refractivity contribution in [1.29, 1.82) is 0 Å². The van der Waals surface area contributed by atoms with Crippen LogP contribution in [0.3, 0.4) is 0 Å². The monoisotopic (exact) mass is 275 g/mol. The Morgan fingerprint density at radius 1 is 1.42 bits per heavy atom. The predicted molar refractivity (Wildman–Crippen MR) is 79.5 cm³/mol. The fourth-order valence-electron chi connectivity index (χ4n) is 2.64. The third-order valence-electron chi connectivity index (χ3n) is 3.60. The maximum absolute atomic E-state index is 6.31. The van der Waals surface area contributed by atoms with E-state index in [1.54, 1.807) is 0 Å². The van der Waals surface area contributed by atoms with Gasteiger partial charge in [0.25, 0.3) is 0 Å². The fraction of sp³-hybridized carbons (Fsp3) is 0.400. The summed E-state index contributed by atoms with van der Waals surface area (Å²) in [6.45, 7) is 6.26. The molecular formula is C15H18ClN3. The van der Waals surface area contributed by atoms with Crippen molar-refractivity contribution in [3.05, 3.63) is 41.0 Å². The lowest BCUT2D eigenvalue weighted by atomic mass is 10.1. The van der Waals surface area contributed by atoms with Crippen molar-refractivity contribution in [2.24, 2.45) is 0 Å². The first-order valence-electron chi connectivity index (χ1n) is 6.72. The molecule has 1 aliphatic rings. The van der Waals surface area contributed by atoms with Gasteiger partial charge in [-0.05, 0) is 19.1 Å². The molecule has 2 heterocycles. The van der Waals surface area contributed by atoms with E-state index in [-0.39, 0.29) is 0 Å². The number of hydrogen-bond donors (Lipinski definition) is 1. The Morgan fingerprint density at radius 3 is 3.11 bits per heavy atom. The van der Waals surface area contributed by atoms with Gasteiger partial charge in [-0.3, -0.25) is 4.90 Å². The Kier molecular flexibility index (Phi) is 3.69. The van der Waals surface area contributed by atoms with Crippen molar-refractivity contribution in [1.82, 2.24) is 15.2 Å². The minimum absolute atomic E-state index is 0.543. The number of rotatable bonds is 2. The maximum atomic E-state index is 6.31. The molecule has 2 aromatic rings. The first-order chi connectivity index (χ1) is 9.22. The number of benzene rings is 1. The summed E-state index contributed by atoms with van der Waals surface area (Å²) in [5.74, 6) is 0. The van der Waals surface area contributed by atoms with E-state index in [9.17, 15) is 0 Å². The molecule has 3 nitrogen and oxygen atoms in total. The molecule has 0 aliphatic carbocycles. The zero-order valence-electron chi connectivity index (χ0n) is 11.1. The molecule has 1 N–H and O–H groups in total. The maximum Gasteiger partial charge on any atom is 0.134 e. The minimum atomic E-state index is 0.543. The zero-order valence-corrected chi connectivity index (χ0v) is 11.8. The summed E-state index contributed by atoms with van der Waals surface area (Å²) < 4.78 is 0. The molecule has 0 amide bonds. The van der Waals surface area contributed by atoms with Gasteiger partial charge in [-0.2, -0.15) is 0 Å².